The third kappa shape index (κ3) is 3.60. The van der Waals surface area contributed by atoms with Gasteiger partial charge in [0.2, 0.25) is 0 Å². The van der Waals surface area contributed by atoms with Crippen LogP contribution in [0.5, 0.6) is 0 Å². The van der Waals surface area contributed by atoms with Crippen molar-refractivity contribution in [2.24, 2.45) is 11.8 Å². The molecule has 1 aliphatic rings. The zero-order chi connectivity index (χ0) is 12.4. The first-order valence-corrected chi connectivity index (χ1v) is 7.65. The molecule has 0 saturated heterocycles. The van der Waals surface area contributed by atoms with Crippen LogP contribution in [0.4, 0.5) is 5.69 Å². The Balaban J connectivity index is 2.02. The van der Waals surface area contributed by atoms with E-state index in [4.69, 9.17) is 0 Å². The molecule has 1 aliphatic carbocycles. The van der Waals surface area contributed by atoms with E-state index in [2.05, 4.69) is 66.9 Å². The van der Waals surface area contributed by atoms with Crippen LogP contribution in [-0.4, -0.2) is 6.04 Å². The summed E-state index contributed by atoms with van der Waals surface area (Å²) < 4.78 is 1.35. The van der Waals surface area contributed by atoms with Crippen LogP contribution in [0.3, 0.4) is 0 Å². The van der Waals surface area contributed by atoms with Crippen molar-refractivity contribution in [2.75, 3.05) is 5.32 Å². The highest BCUT2D eigenvalue weighted by atomic mass is 127. The Labute approximate surface area is 119 Å². The summed E-state index contributed by atoms with van der Waals surface area (Å²) in [4.78, 5) is 0. The minimum absolute atomic E-state index is 0.659. The molecule has 94 valence electrons. The second-order valence-corrected chi connectivity index (χ2v) is 6.88. The minimum Gasteiger partial charge on any atom is -0.382 e. The van der Waals surface area contributed by atoms with E-state index in [1.54, 1.807) is 0 Å². The van der Waals surface area contributed by atoms with E-state index in [1.165, 1.54) is 34.1 Å². The molecule has 0 bridgehead atoms. The van der Waals surface area contributed by atoms with E-state index in [0.29, 0.717) is 6.04 Å². The molecular weight excluding hydrogens is 321 g/mol. The molecule has 1 N–H and O–H groups in total. The first kappa shape index (κ1) is 13.2. The Kier molecular flexibility index (Phi) is 4.34. The summed E-state index contributed by atoms with van der Waals surface area (Å²) in [5.74, 6) is 1.72. The summed E-state index contributed by atoms with van der Waals surface area (Å²) in [6.07, 6.45) is 4.02. The highest BCUT2D eigenvalue weighted by molar-refractivity contribution is 14.1. The number of hydrogen-bond acceptors (Lipinski definition) is 1. The van der Waals surface area contributed by atoms with Gasteiger partial charge < -0.3 is 5.32 Å². The van der Waals surface area contributed by atoms with Crippen molar-refractivity contribution in [1.29, 1.82) is 0 Å². The third-order valence-electron chi connectivity index (χ3n) is 3.72. The highest BCUT2D eigenvalue weighted by Crippen LogP contribution is 2.30. The molecule has 0 amide bonds. The zero-order valence-electron chi connectivity index (χ0n) is 11.0. The lowest BCUT2D eigenvalue weighted by Crippen LogP contribution is -2.30. The number of nitrogens with one attached hydrogen (secondary N) is 1. The average molecular weight is 343 g/mol. The van der Waals surface area contributed by atoms with Crippen molar-refractivity contribution in [3.05, 3.63) is 27.3 Å². The van der Waals surface area contributed by atoms with Crippen molar-refractivity contribution in [3.63, 3.8) is 0 Å². The molecule has 0 radical (unpaired) electrons. The predicted molar refractivity (Wildman–Crippen MR) is 83.5 cm³/mol. The Morgan fingerprint density at radius 3 is 2.35 bits per heavy atom. The van der Waals surface area contributed by atoms with E-state index in [-0.39, 0.29) is 0 Å². The molecule has 0 aromatic heterocycles. The lowest BCUT2D eigenvalue weighted by Gasteiger charge is -2.32. The first-order valence-electron chi connectivity index (χ1n) is 6.57. The minimum atomic E-state index is 0.659. The largest absolute Gasteiger partial charge is 0.382 e. The topological polar surface area (TPSA) is 12.0 Å². The summed E-state index contributed by atoms with van der Waals surface area (Å²) in [6.45, 7) is 6.92. The molecule has 0 aliphatic heterocycles. The van der Waals surface area contributed by atoms with Crippen LogP contribution in [0.1, 0.15) is 38.7 Å². The first-order chi connectivity index (χ1) is 8.04. The predicted octanol–water partition coefficient (Wildman–Crippen LogP) is 4.84. The lowest BCUT2D eigenvalue weighted by molar-refractivity contribution is 0.281. The number of benzene rings is 1. The van der Waals surface area contributed by atoms with Gasteiger partial charge in [-0.05, 0) is 78.3 Å². The summed E-state index contributed by atoms with van der Waals surface area (Å²) in [5.41, 5.74) is 2.65. The van der Waals surface area contributed by atoms with Crippen molar-refractivity contribution >= 4 is 28.3 Å². The molecule has 2 rings (SSSR count). The molecule has 1 fully saturated rings. The maximum atomic E-state index is 3.70. The summed E-state index contributed by atoms with van der Waals surface area (Å²) in [7, 11) is 0. The van der Waals surface area contributed by atoms with Crippen molar-refractivity contribution in [3.8, 4) is 0 Å². The van der Waals surface area contributed by atoms with E-state index >= 15 is 0 Å². The Bertz CT molecular complexity index is 379. The Morgan fingerprint density at radius 2 is 1.76 bits per heavy atom. The maximum absolute atomic E-state index is 3.70. The summed E-state index contributed by atoms with van der Waals surface area (Å²) >= 11 is 2.41. The van der Waals surface area contributed by atoms with Crippen LogP contribution in [-0.2, 0) is 0 Å². The van der Waals surface area contributed by atoms with Gasteiger partial charge in [0.05, 0.1) is 0 Å². The highest BCUT2D eigenvalue weighted by Gasteiger charge is 2.23. The normalized spacial score (nSPS) is 29.1. The van der Waals surface area contributed by atoms with Crippen LogP contribution < -0.4 is 5.32 Å². The second kappa shape index (κ2) is 5.59. The molecule has 17 heavy (non-hydrogen) atoms. The SMILES string of the molecule is Cc1ccc(NC2CC(C)CC(C)C2)cc1I. The van der Waals surface area contributed by atoms with Crippen LogP contribution in [0.2, 0.25) is 0 Å². The Morgan fingerprint density at radius 1 is 1.12 bits per heavy atom. The number of rotatable bonds is 2. The molecule has 1 saturated carbocycles. The van der Waals surface area contributed by atoms with E-state index in [1.807, 2.05) is 0 Å². The Hall–Kier alpha value is -0.250. The quantitative estimate of drug-likeness (QED) is 0.758. The standard InChI is InChI=1S/C15H22IN/c1-10-6-11(2)8-14(7-10)17-13-5-4-12(3)15(16)9-13/h4-5,9-11,14,17H,6-8H2,1-3H3. The van der Waals surface area contributed by atoms with Gasteiger partial charge in [-0.2, -0.15) is 0 Å². The van der Waals surface area contributed by atoms with Gasteiger partial charge in [-0.15, -0.1) is 0 Å². The maximum Gasteiger partial charge on any atom is 0.0353 e. The molecular formula is C15H22IN. The van der Waals surface area contributed by atoms with Gasteiger partial charge in [-0.25, -0.2) is 0 Å². The van der Waals surface area contributed by atoms with Crippen LogP contribution >= 0.6 is 22.6 Å². The van der Waals surface area contributed by atoms with Gasteiger partial charge in [-0.3, -0.25) is 0 Å². The number of hydrogen-bond donors (Lipinski definition) is 1. The van der Waals surface area contributed by atoms with Gasteiger partial charge in [0, 0.05) is 15.3 Å². The molecule has 1 nitrogen and oxygen atoms in total. The summed E-state index contributed by atoms with van der Waals surface area (Å²) in [6, 6.07) is 7.34. The fraction of sp³-hybridized carbons (Fsp3) is 0.600. The number of anilines is 1. The molecule has 2 atom stereocenters. The second-order valence-electron chi connectivity index (χ2n) is 5.72. The lowest BCUT2D eigenvalue weighted by atomic mass is 9.80. The van der Waals surface area contributed by atoms with Crippen molar-refractivity contribution in [2.45, 2.75) is 46.1 Å². The molecule has 0 spiro atoms. The zero-order valence-corrected chi connectivity index (χ0v) is 13.1. The van der Waals surface area contributed by atoms with Gasteiger partial charge in [0.1, 0.15) is 0 Å². The number of aryl methyl sites for hydroxylation is 1. The monoisotopic (exact) mass is 343 g/mol. The number of halogens is 1. The van der Waals surface area contributed by atoms with Gasteiger partial charge >= 0.3 is 0 Å². The van der Waals surface area contributed by atoms with Crippen molar-refractivity contribution in [1.82, 2.24) is 0 Å². The van der Waals surface area contributed by atoms with Gasteiger partial charge in [-0.1, -0.05) is 19.9 Å². The molecule has 2 unspecified atom stereocenters. The molecule has 1 aromatic carbocycles. The molecule has 2 heteroatoms. The third-order valence-corrected chi connectivity index (χ3v) is 4.88. The fourth-order valence-electron chi connectivity index (χ4n) is 2.98. The summed E-state index contributed by atoms with van der Waals surface area (Å²) in [5, 5.41) is 3.70. The van der Waals surface area contributed by atoms with E-state index < -0.39 is 0 Å². The fourth-order valence-corrected chi connectivity index (χ4v) is 3.50. The molecule has 0 heterocycles. The van der Waals surface area contributed by atoms with Crippen molar-refractivity contribution < 1.29 is 0 Å². The van der Waals surface area contributed by atoms with Gasteiger partial charge in [0.25, 0.3) is 0 Å². The van der Waals surface area contributed by atoms with Crippen LogP contribution in [0.25, 0.3) is 0 Å². The van der Waals surface area contributed by atoms with Crippen LogP contribution in [0.15, 0.2) is 18.2 Å². The molecule has 1 aromatic rings. The van der Waals surface area contributed by atoms with Crippen LogP contribution in [0, 0.1) is 22.3 Å². The smallest absolute Gasteiger partial charge is 0.0353 e. The average Bonchev–Trinajstić information content (AvgIpc) is 2.22. The van der Waals surface area contributed by atoms with Gasteiger partial charge in [0.15, 0.2) is 0 Å². The van der Waals surface area contributed by atoms with E-state index in [9.17, 15) is 0 Å². The van der Waals surface area contributed by atoms with E-state index in [0.717, 1.165) is 11.8 Å².